The van der Waals surface area contributed by atoms with Gasteiger partial charge in [0, 0.05) is 80.1 Å². The van der Waals surface area contributed by atoms with E-state index in [1.807, 2.05) is 56.7 Å². The topological polar surface area (TPSA) is 51.6 Å². The van der Waals surface area contributed by atoms with Crippen molar-refractivity contribution in [2.75, 3.05) is 0 Å². The Morgan fingerprint density at radius 3 is 1.28 bits per heavy atom. The van der Waals surface area contributed by atoms with E-state index < -0.39 is 0 Å². The van der Waals surface area contributed by atoms with E-state index in [1.54, 1.807) is 0 Å². The third-order valence-electron chi connectivity index (χ3n) is 18.2. The van der Waals surface area contributed by atoms with Crippen molar-refractivity contribution in [2.45, 2.75) is 248 Å². The van der Waals surface area contributed by atoms with Crippen LogP contribution in [0.5, 0.6) is 0 Å². The summed E-state index contributed by atoms with van der Waals surface area (Å²) in [5, 5.41) is 27.3. The zero-order chi connectivity index (χ0) is 61.2. The average Bonchev–Trinajstić information content (AvgIpc) is 1.68. The van der Waals surface area contributed by atoms with Crippen LogP contribution in [-0.4, -0.2) is 20.4 Å². The van der Waals surface area contributed by atoms with Gasteiger partial charge >= 0.3 is 0 Å². The van der Waals surface area contributed by atoms with Crippen LogP contribution in [0, 0.1) is 11.8 Å². The number of thiophene rings is 8. The maximum Gasteiger partial charge on any atom is 0.213 e. The van der Waals surface area contributed by atoms with Crippen molar-refractivity contribution in [3.63, 3.8) is 0 Å². The van der Waals surface area contributed by atoms with Gasteiger partial charge in [-0.1, -0.05) is 184 Å². The van der Waals surface area contributed by atoms with Gasteiger partial charge in [0.1, 0.15) is 0 Å². The molecule has 9 heterocycles. The number of rotatable bonds is 39. The number of hydrogen-bond acceptors (Lipinski definition) is 12. The third kappa shape index (κ3) is 16.9. The second kappa shape index (κ2) is 34.3. The number of aryl methyl sites for hydroxylation is 4. The van der Waals surface area contributed by atoms with Crippen LogP contribution in [0.3, 0.4) is 0 Å². The third-order valence-corrected chi connectivity index (χ3v) is 27.5. The molecular weight excluding hydrogens is 1230 g/mol. The number of nitrogens with zero attached hydrogens (tertiary/aromatic N) is 4. The van der Waals surface area contributed by atoms with Crippen molar-refractivity contribution < 1.29 is 0 Å². The first kappa shape index (κ1) is 67.2. The standard InChI is InChI=1S/C76H98N4S8/c1-9-17-23-27-33-53-45-63(82-50-53)70-55(35-29-25-19-11-3)47-66(87-70)75-77-79-76(80-78-75)67-48-56(36-30-26-20-12-4)71(88-67)64-46-54(34-28-24-18-10-2)72(85-64)65-49-60-69(62-40-38-58(84-62)44-52(16-8)32-22-14-6)73-59(41-42-81-73)68(74(60)86-65)61-39-37-57(83-61)43-51(15-7)31-21-13-5/h37-42,45-52H,9-36,43-44H2,1-8H3. The fourth-order valence-corrected chi connectivity index (χ4v) is 22.4. The van der Waals surface area contributed by atoms with Gasteiger partial charge < -0.3 is 0 Å². The smallest absolute Gasteiger partial charge is 0.143 e. The van der Waals surface area contributed by atoms with E-state index in [9.17, 15) is 0 Å². The highest BCUT2D eigenvalue weighted by Gasteiger charge is 2.27. The van der Waals surface area contributed by atoms with Crippen LogP contribution in [0.15, 0.2) is 71.4 Å². The molecule has 2 atom stereocenters. The van der Waals surface area contributed by atoms with Crippen molar-refractivity contribution in [3.05, 3.63) is 103 Å². The molecule has 470 valence electrons. The van der Waals surface area contributed by atoms with Crippen molar-refractivity contribution in [1.82, 2.24) is 20.4 Å². The molecule has 4 nitrogen and oxygen atoms in total. The first-order chi connectivity index (χ1) is 43.3. The van der Waals surface area contributed by atoms with E-state index in [2.05, 4.69) is 161 Å². The lowest BCUT2D eigenvalue weighted by atomic mass is 9.95. The molecule has 12 heteroatoms. The maximum absolute atomic E-state index is 4.94. The van der Waals surface area contributed by atoms with Gasteiger partial charge in [-0.15, -0.1) is 111 Å². The number of aromatic nitrogens is 4. The van der Waals surface area contributed by atoms with Crippen LogP contribution in [0.4, 0.5) is 0 Å². The van der Waals surface area contributed by atoms with Gasteiger partial charge in [0.15, 0.2) is 0 Å². The predicted molar refractivity (Wildman–Crippen MR) is 399 cm³/mol. The first-order valence-electron chi connectivity index (χ1n) is 34.5. The lowest BCUT2D eigenvalue weighted by molar-refractivity contribution is 0.452. The number of fused-ring (bicyclic) bond motifs is 2. The molecule has 2 unspecified atom stereocenters. The quantitative estimate of drug-likeness (QED) is 0.0360. The Morgan fingerprint density at radius 1 is 0.352 bits per heavy atom. The van der Waals surface area contributed by atoms with E-state index in [0.717, 1.165) is 47.3 Å². The minimum atomic E-state index is 0.629. The molecule has 0 aliphatic rings. The molecule has 0 fully saturated rings. The SMILES string of the molecule is CCCCCCc1csc(-c2sc(-c3nnc(-c4cc(CCCCCC)c(-c5cc(CCCCCC)c(-c6cc7c(-c8ccc(CC(CC)CCCC)s8)c8sccc8c(-c8ccc(CC(CC)CCCC)s8)c7s6)s5)s4)nn3)cc2CCCCCC)c1. The molecule has 0 aliphatic heterocycles. The Balaban J connectivity index is 1.04. The monoisotopic (exact) mass is 1320 g/mol. The normalized spacial score (nSPS) is 12.7. The fraction of sp³-hybridized carbons (Fsp3) is 0.526. The molecule has 0 amide bonds. The summed E-state index contributed by atoms with van der Waals surface area (Å²) >= 11 is 15.8. The first-order valence-corrected chi connectivity index (χ1v) is 41.1. The van der Waals surface area contributed by atoms with Gasteiger partial charge in [0.2, 0.25) is 11.6 Å². The highest BCUT2D eigenvalue weighted by atomic mass is 32.1. The Hall–Kier alpha value is -3.72. The van der Waals surface area contributed by atoms with E-state index in [0.29, 0.717) is 11.6 Å². The second-order valence-corrected chi connectivity index (χ2v) is 33.4. The van der Waals surface area contributed by atoms with Crippen LogP contribution >= 0.6 is 90.7 Å². The van der Waals surface area contributed by atoms with Gasteiger partial charge in [0.25, 0.3) is 0 Å². The highest BCUT2D eigenvalue weighted by Crippen LogP contribution is 2.55. The fourth-order valence-electron chi connectivity index (χ4n) is 12.8. The van der Waals surface area contributed by atoms with Gasteiger partial charge in [-0.25, -0.2) is 0 Å². The molecule has 10 aromatic rings. The molecule has 0 bridgehead atoms. The number of hydrogen-bond donors (Lipinski definition) is 0. The maximum atomic E-state index is 4.94. The molecule has 0 N–H and O–H groups in total. The summed E-state index contributed by atoms with van der Waals surface area (Å²) in [6, 6.07) is 24.8. The highest BCUT2D eigenvalue weighted by molar-refractivity contribution is 7.30. The van der Waals surface area contributed by atoms with Crippen molar-refractivity contribution in [2.24, 2.45) is 11.8 Å². The lowest BCUT2D eigenvalue weighted by Gasteiger charge is -2.13. The summed E-state index contributed by atoms with van der Waals surface area (Å²) in [6.45, 7) is 18.7. The summed E-state index contributed by atoms with van der Waals surface area (Å²) in [7, 11) is 0. The summed E-state index contributed by atoms with van der Waals surface area (Å²) < 4.78 is 2.89. The molecule has 0 aliphatic carbocycles. The summed E-state index contributed by atoms with van der Waals surface area (Å²) in [5.74, 6) is 2.74. The zero-order valence-corrected chi connectivity index (χ0v) is 60.9. The largest absolute Gasteiger partial charge is 0.213 e. The Labute approximate surface area is 561 Å². The van der Waals surface area contributed by atoms with E-state index in [-0.39, 0.29) is 0 Å². The van der Waals surface area contributed by atoms with Crippen LogP contribution in [0.25, 0.3) is 91.7 Å². The lowest BCUT2D eigenvalue weighted by Crippen LogP contribution is -2.01. The van der Waals surface area contributed by atoms with E-state index in [1.165, 1.54) is 269 Å². The average molecular weight is 1320 g/mol. The molecule has 88 heavy (non-hydrogen) atoms. The molecular formula is C76H98N4S8. The number of benzene rings is 1. The van der Waals surface area contributed by atoms with Crippen LogP contribution in [0.2, 0.25) is 0 Å². The zero-order valence-electron chi connectivity index (χ0n) is 54.4. The molecule has 9 aromatic heterocycles. The molecule has 0 saturated heterocycles. The Morgan fingerprint density at radius 2 is 0.795 bits per heavy atom. The molecule has 0 spiro atoms. The number of unbranched alkanes of at least 4 members (excludes halogenated alkanes) is 14. The van der Waals surface area contributed by atoms with Crippen LogP contribution < -0.4 is 0 Å². The van der Waals surface area contributed by atoms with Crippen molar-refractivity contribution in [3.8, 4) is 71.5 Å². The van der Waals surface area contributed by atoms with E-state index >= 15 is 0 Å². The van der Waals surface area contributed by atoms with Crippen molar-refractivity contribution >= 4 is 111 Å². The van der Waals surface area contributed by atoms with E-state index in [4.69, 9.17) is 20.4 Å². The van der Waals surface area contributed by atoms with Gasteiger partial charge in [-0.05, 0) is 170 Å². The van der Waals surface area contributed by atoms with Crippen molar-refractivity contribution in [1.29, 1.82) is 0 Å². The minimum absolute atomic E-state index is 0.629. The minimum Gasteiger partial charge on any atom is -0.143 e. The Bertz CT molecular complexity index is 3590. The summed E-state index contributed by atoms with van der Waals surface area (Å²) in [5.41, 5.74) is 8.70. The van der Waals surface area contributed by atoms with Gasteiger partial charge in [-0.3, -0.25) is 0 Å². The molecule has 1 aromatic carbocycles. The van der Waals surface area contributed by atoms with Crippen LogP contribution in [-0.2, 0) is 38.5 Å². The summed E-state index contributed by atoms with van der Waals surface area (Å²) in [6.07, 6.45) is 37.1. The predicted octanol–water partition coefficient (Wildman–Crippen LogP) is 27.7. The molecule has 0 radical (unpaired) electrons. The molecule has 10 rings (SSSR count). The van der Waals surface area contributed by atoms with Crippen LogP contribution in [0.1, 0.15) is 241 Å². The van der Waals surface area contributed by atoms with Gasteiger partial charge in [0.05, 0.1) is 9.75 Å². The Kier molecular flexibility index (Phi) is 26.2. The summed E-state index contributed by atoms with van der Waals surface area (Å²) in [4.78, 5) is 16.4. The second-order valence-electron chi connectivity index (χ2n) is 25.0. The van der Waals surface area contributed by atoms with Gasteiger partial charge in [-0.2, -0.15) is 0 Å². The molecule has 0 saturated carbocycles.